The number of amides is 2. The van der Waals surface area contributed by atoms with Crippen molar-refractivity contribution in [3.8, 4) is 11.5 Å². The van der Waals surface area contributed by atoms with E-state index in [4.69, 9.17) is 9.47 Å². The molecule has 0 radical (unpaired) electrons. The highest BCUT2D eigenvalue weighted by molar-refractivity contribution is 5.97. The summed E-state index contributed by atoms with van der Waals surface area (Å²) in [5, 5.41) is 0. The number of benzene rings is 3. The number of piperidine rings is 1. The standard InChI is InChI=1S/C30H33N3O4/c1-36-25-12-8-22(9-13-25)29-27(16-17-28(34)33(29)24-10-14-26(37-2)15-11-24)30(35)32-20-18-31(19-21-32)23-6-4-3-5-7-23/h3-15,27,29H,16-21H2,1-2H3/t27-,29+/m1/s1. The lowest BCUT2D eigenvalue weighted by atomic mass is 9.82. The summed E-state index contributed by atoms with van der Waals surface area (Å²) in [4.78, 5) is 33.4. The third kappa shape index (κ3) is 5.12. The summed E-state index contributed by atoms with van der Waals surface area (Å²) in [6.07, 6.45) is 0.860. The average Bonchev–Trinajstić information content (AvgIpc) is 2.97. The van der Waals surface area contributed by atoms with Crippen LogP contribution in [0.25, 0.3) is 0 Å². The fraction of sp³-hybridized carbons (Fsp3) is 0.333. The molecule has 37 heavy (non-hydrogen) atoms. The first-order valence-corrected chi connectivity index (χ1v) is 12.8. The summed E-state index contributed by atoms with van der Waals surface area (Å²) in [5.74, 6) is 1.25. The molecule has 0 unspecified atom stereocenters. The Morgan fingerprint density at radius 2 is 1.35 bits per heavy atom. The lowest BCUT2D eigenvalue weighted by Crippen LogP contribution is -2.54. The average molecular weight is 500 g/mol. The van der Waals surface area contributed by atoms with Crippen LogP contribution in [-0.4, -0.2) is 57.1 Å². The largest absolute Gasteiger partial charge is 0.497 e. The third-order valence-corrected chi connectivity index (χ3v) is 7.43. The van der Waals surface area contributed by atoms with Crippen LogP contribution in [0.15, 0.2) is 78.9 Å². The predicted molar refractivity (Wildman–Crippen MR) is 144 cm³/mol. The second-order valence-corrected chi connectivity index (χ2v) is 9.47. The number of hydrogen-bond acceptors (Lipinski definition) is 5. The number of nitrogens with zero attached hydrogens (tertiary/aromatic N) is 3. The molecule has 0 aliphatic carbocycles. The van der Waals surface area contributed by atoms with Gasteiger partial charge in [0, 0.05) is 44.0 Å². The van der Waals surface area contributed by atoms with Gasteiger partial charge in [0.25, 0.3) is 0 Å². The van der Waals surface area contributed by atoms with E-state index in [9.17, 15) is 9.59 Å². The van der Waals surface area contributed by atoms with Crippen LogP contribution in [0.5, 0.6) is 11.5 Å². The second-order valence-electron chi connectivity index (χ2n) is 9.47. The monoisotopic (exact) mass is 499 g/mol. The lowest BCUT2D eigenvalue weighted by Gasteiger charge is -2.44. The molecule has 0 bridgehead atoms. The first kappa shape index (κ1) is 24.7. The van der Waals surface area contributed by atoms with E-state index in [1.54, 1.807) is 19.1 Å². The van der Waals surface area contributed by atoms with E-state index in [-0.39, 0.29) is 17.7 Å². The number of methoxy groups -OCH3 is 2. The SMILES string of the molecule is COc1ccc([C@H]2[C@H](C(=O)N3CCN(c4ccccc4)CC3)CCC(=O)N2c2ccc(OC)cc2)cc1. The number of ether oxygens (including phenoxy) is 2. The minimum Gasteiger partial charge on any atom is -0.497 e. The molecule has 0 spiro atoms. The zero-order valence-corrected chi connectivity index (χ0v) is 21.4. The molecule has 2 heterocycles. The molecule has 2 amide bonds. The summed E-state index contributed by atoms with van der Waals surface area (Å²) in [6, 6.07) is 25.1. The minimum atomic E-state index is -0.403. The van der Waals surface area contributed by atoms with Crippen molar-refractivity contribution < 1.29 is 19.1 Å². The molecule has 3 aromatic rings. The molecule has 7 heteroatoms. The Bertz CT molecular complexity index is 1210. The summed E-state index contributed by atoms with van der Waals surface area (Å²) in [7, 11) is 3.25. The Balaban J connectivity index is 1.43. The Morgan fingerprint density at radius 3 is 1.95 bits per heavy atom. The van der Waals surface area contributed by atoms with Crippen molar-refractivity contribution >= 4 is 23.2 Å². The molecular weight excluding hydrogens is 466 g/mol. The Kier molecular flexibility index (Phi) is 7.30. The lowest BCUT2D eigenvalue weighted by molar-refractivity contribution is -0.138. The maximum absolute atomic E-state index is 14.0. The molecule has 2 saturated heterocycles. The van der Waals surface area contributed by atoms with Crippen LogP contribution in [0.1, 0.15) is 24.4 Å². The van der Waals surface area contributed by atoms with Crippen molar-refractivity contribution in [2.75, 3.05) is 50.2 Å². The molecule has 3 aromatic carbocycles. The Morgan fingerprint density at radius 1 is 0.757 bits per heavy atom. The maximum Gasteiger partial charge on any atom is 0.228 e. The van der Waals surface area contributed by atoms with E-state index in [1.165, 1.54) is 5.69 Å². The molecule has 0 aromatic heterocycles. The molecule has 0 N–H and O–H groups in total. The van der Waals surface area contributed by atoms with Gasteiger partial charge in [-0.15, -0.1) is 0 Å². The molecular formula is C30H33N3O4. The zero-order chi connectivity index (χ0) is 25.8. The first-order valence-electron chi connectivity index (χ1n) is 12.8. The molecule has 2 fully saturated rings. The summed E-state index contributed by atoms with van der Waals surface area (Å²) >= 11 is 0. The zero-order valence-electron chi connectivity index (χ0n) is 21.4. The van der Waals surface area contributed by atoms with Gasteiger partial charge in [-0.05, 0) is 60.5 Å². The molecule has 2 aliphatic heterocycles. The Labute approximate surface area is 218 Å². The van der Waals surface area contributed by atoms with Crippen LogP contribution >= 0.6 is 0 Å². The Hall–Kier alpha value is -4.00. The highest BCUT2D eigenvalue weighted by Gasteiger charge is 2.43. The molecule has 0 saturated carbocycles. The molecule has 192 valence electrons. The van der Waals surface area contributed by atoms with Gasteiger partial charge in [-0.25, -0.2) is 0 Å². The fourth-order valence-corrected chi connectivity index (χ4v) is 5.44. The van der Waals surface area contributed by atoms with E-state index in [0.29, 0.717) is 25.9 Å². The van der Waals surface area contributed by atoms with Gasteiger partial charge in [0.2, 0.25) is 11.8 Å². The molecule has 2 atom stereocenters. The van der Waals surface area contributed by atoms with E-state index < -0.39 is 6.04 Å². The van der Waals surface area contributed by atoms with E-state index in [1.807, 2.05) is 71.6 Å². The van der Waals surface area contributed by atoms with E-state index in [2.05, 4.69) is 17.0 Å². The third-order valence-electron chi connectivity index (χ3n) is 7.43. The smallest absolute Gasteiger partial charge is 0.228 e. The summed E-state index contributed by atoms with van der Waals surface area (Å²) in [5.41, 5.74) is 2.86. The summed E-state index contributed by atoms with van der Waals surface area (Å²) in [6.45, 7) is 2.90. The first-order chi connectivity index (χ1) is 18.1. The number of piperazine rings is 1. The van der Waals surface area contributed by atoms with Crippen molar-refractivity contribution in [1.29, 1.82) is 0 Å². The number of hydrogen-bond donors (Lipinski definition) is 0. The number of para-hydroxylation sites is 1. The molecule has 2 aliphatic rings. The highest BCUT2D eigenvalue weighted by atomic mass is 16.5. The topological polar surface area (TPSA) is 62.3 Å². The van der Waals surface area contributed by atoms with Crippen molar-refractivity contribution in [2.45, 2.75) is 18.9 Å². The van der Waals surface area contributed by atoms with E-state index >= 15 is 0 Å². The van der Waals surface area contributed by atoms with Gasteiger partial charge >= 0.3 is 0 Å². The van der Waals surface area contributed by atoms with Crippen LogP contribution in [0, 0.1) is 5.92 Å². The normalized spacial score (nSPS) is 20.1. The van der Waals surface area contributed by atoms with Crippen LogP contribution in [0.2, 0.25) is 0 Å². The van der Waals surface area contributed by atoms with Crippen molar-refractivity contribution in [2.24, 2.45) is 5.92 Å². The van der Waals surface area contributed by atoms with Gasteiger partial charge in [-0.1, -0.05) is 30.3 Å². The fourth-order valence-electron chi connectivity index (χ4n) is 5.44. The highest BCUT2D eigenvalue weighted by Crippen LogP contribution is 2.41. The van der Waals surface area contributed by atoms with E-state index in [0.717, 1.165) is 35.8 Å². The summed E-state index contributed by atoms with van der Waals surface area (Å²) < 4.78 is 10.7. The molecule has 7 nitrogen and oxygen atoms in total. The van der Waals surface area contributed by atoms with Crippen LogP contribution < -0.4 is 19.3 Å². The minimum absolute atomic E-state index is 0.0175. The van der Waals surface area contributed by atoms with Gasteiger partial charge in [-0.2, -0.15) is 0 Å². The predicted octanol–water partition coefficient (Wildman–Crippen LogP) is 4.54. The van der Waals surface area contributed by atoms with Crippen LogP contribution in [-0.2, 0) is 9.59 Å². The van der Waals surface area contributed by atoms with Gasteiger partial charge in [-0.3, -0.25) is 9.59 Å². The number of carbonyl (C=O) groups excluding carboxylic acids is 2. The van der Waals surface area contributed by atoms with Crippen molar-refractivity contribution in [3.05, 3.63) is 84.4 Å². The quantitative estimate of drug-likeness (QED) is 0.499. The van der Waals surface area contributed by atoms with Crippen LogP contribution in [0.3, 0.4) is 0 Å². The van der Waals surface area contributed by atoms with Gasteiger partial charge in [0.15, 0.2) is 0 Å². The van der Waals surface area contributed by atoms with Gasteiger partial charge in [0.1, 0.15) is 11.5 Å². The van der Waals surface area contributed by atoms with Gasteiger partial charge < -0.3 is 24.2 Å². The number of anilines is 2. The maximum atomic E-state index is 14.0. The second kappa shape index (κ2) is 10.9. The van der Waals surface area contributed by atoms with Crippen molar-refractivity contribution in [3.63, 3.8) is 0 Å². The van der Waals surface area contributed by atoms with Gasteiger partial charge in [0.05, 0.1) is 26.2 Å². The molecule has 5 rings (SSSR count). The van der Waals surface area contributed by atoms with Crippen LogP contribution in [0.4, 0.5) is 11.4 Å². The number of rotatable bonds is 6. The number of carbonyl (C=O) groups is 2. The van der Waals surface area contributed by atoms with Crippen molar-refractivity contribution in [1.82, 2.24) is 4.90 Å².